The molecular formula is C24H21N3O5S. The Morgan fingerprint density at radius 2 is 1.73 bits per heavy atom. The third kappa shape index (κ3) is 4.84. The van der Waals surface area contributed by atoms with Crippen LogP contribution < -0.4 is 14.8 Å². The monoisotopic (exact) mass is 463 g/mol. The molecular weight excluding hydrogens is 442 g/mol. The molecule has 0 unspecified atom stereocenters. The van der Waals surface area contributed by atoms with Crippen LogP contribution in [-0.4, -0.2) is 36.1 Å². The molecule has 0 atom stereocenters. The van der Waals surface area contributed by atoms with Gasteiger partial charge in [-0.3, -0.25) is 4.79 Å². The predicted octanol–water partition coefficient (Wildman–Crippen LogP) is 4.63. The molecule has 8 nitrogen and oxygen atoms in total. The highest BCUT2D eigenvalue weighted by Crippen LogP contribution is 2.35. The minimum atomic E-state index is -0.507. The van der Waals surface area contributed by atoms with Crippen LogP contribution in [0.15, 0.2) is 54.6 Å². The number of benzene rings is 2. The van der Waals surface area contributed by atoms with Gasteiger partial charge in [-0.1, -0.05) is 18.2 Å². The number of nitrogens with zero attached hydrogens (tertiary/aromatic N) is 2. The molecule has 168 valence electrons. The van der Waals surface area contributed by atoms with E-state index in [1.807, 2.05) is 6.07 Å². The molecule has 4 aromatic rings. The van der Waals surface area contributed by atoms with Crippen LogP contribution in [0.25, 0.3) is 10.2 Å². The molecule has 0 spiro atoms. The standard InChI is InChI=1S/C24H21N3O5S/c1-14-19-22(31-3)26-18(13-30-2)27-23(19)33-20(14)24(29)32-17-11-9-16(10-12-17)25-21(28)15-7-5-4-6-8-15/h4-12H,13H2,1-3H3,(H,25,28). The van der Waals surface area contributed by atoms with E-state index in [0.717, 1.165) is 0 Å². The summed E-state index contributed by atoms with van der Waals surface area (Å²) >= 11 is 1.21. The fourth-order valence-corrected chi connectivity index (χ4v) is 4.30. The van der Waals surface area contributed by atoms with Gasteiger partial charge in [-0.05, 0) is 48.9 Å². The Hall–Kier alpha value is -3.82. The maximum atomic E-state index is 12.9. The Labute approximate surface area is 194 Å². The van der Waals surface area contributed by atoms with Crippen LogP contribution in [0.4, 0.5) is 5.69 Å². The molecule has 2 heterocycles. The van der Waals surface area contributed by atoms with E-state index in [-0.39, 0.29) is 12.5 Å². The second-order valence-electron chi connectivity index (χ2n) is 7.05. The summed E-state index contributed by atoms with van der Waals surface area (Å²) < 4.78 is 16.1. The second kappa shape index (κ2) is 9.76. The number of amides is 1. The van der Waals surface area contributed by atoms with E-state index < -0.39 is 5.97 Å². The summed E-state index contributed by atoms with van der Waals surface area (Å²) in [4.78, 5) is 35.0. The quantitative estimate of drug-likeness (QED) is 0.315. The van der Waals surface area contributed by atoms with Crippen LogP contribution in [0.5, 0.6) is 11.6 Å². The molecule has 0 radical (unpaired) electrons. The third-order valence-corrected chi connectivity index (χ3v) is 5.98. The van der Waals surface area contributed by atoms with Crippen molar-refractivity contribution in [2.45, 2.75) is 13.5 Å². The largest absolute Gasteiger partial charge is 0.480 e. The van der Waals surface area contributed by atoms with Gasteiger partial charge in [-0.15, -0.1) is 11.3 Å². The van der Waals surface area contributed by atoms with E-state index in [1.54, 1.807) is 62.6 Å². The Kier molecular flexibility index (Phi) is 6.62. The summed E-state index contributed by atoms with van der Waals surface area (Å²) in [5.41, 5.74) is 1.83. The van der Waals surface area contributed by atoms with Gasteiger partial charge in [0.05, 0.1) is 12.5 Å². The molecule has 2 aromatic carbocycles. The van der Waals surface area contributed by atoms with E-state index >= 15 is 0 Å². The number of esters is 1. The van der Waals surface area contributed by atoms with Crippen molar-refractivity contribution in [1.82, 2.24) is 9.97 Å². The molecule has 2 aromatic heterocycles. The number of nitrogens with one attached hydrogen (secondary N) is 1. The highest BCUT2D eigenvalue weighted by molar-refractivity contribution is 7.20. The Bertz CT molecular complexity index is 1300. The van der Waals surface area contributed by atoms with Gasteiger partial charge in [0.1, 0.15) is 22.1 Å². The van der Waals surface area contributed by atoms with Crippen molar-refractivity contribution < 1.29 is 23.8 Å². The fraction of sp³-hybridized carbons (Fsp3) is 0.167. The summed E-state index contributed by atoms with van der Waals surface area (Å²) in [5, 5.41) is 3.48. The molecule has 33 heavy (non-hydrogen) atoms. The first-order valence-corrected chi connectivity index (χ1v) is 10.8. The first kappa shape index (κ1) is 22.4. The highest BCUT2D eigenvalue weighted by Gasteiger charge is 2.22. The number of fused-ring (bicyclic) bond motifs is 1. The summed E-state index contributed by atoms with van der Waals surface area (Å²) in [6.07, 6.45) is 0. The molecule has 0 bridgehead atoms. The van der Waals surface area contributed by atoms with Gasteiger partial charge >= 0.3 is 5.97 Å². The van der Waals surface area contributed by atoms with Gasteiger partial charge in [-0.25, -0.2) is 9.78 Å². The number of hydrogen-bond acceptors (Lipinski definition) is 8. The van der Waals surface area contributed by atoms with Gasteiger partial charge in [0.25, 0.3) is 5.91 Å². The van der Waals surface area contributed by atoms with Crippen molar-refractivity contribution in [3.05, 3.63) is 76.4 Å². The van der Waals surface area contributed by atoms with E-state index in [4.69, 9.17) is 14.2 Å². The zero-order valence-corrected chi connectivity index (χ0v) is 19.1. The average Bonchev–Trinajstić information content (AvgIpc) is 3.17. The molecule has 0 aliphatic heterocycles. The van der Waals surface area contributed by atoms with Crippen LogP contribution in [0.3, 0.4) is 0 Å². The molecule has 9 heteroatoms. The molecule has 0 saturated carbocycles. The number of carbonyl (C=O) groups is 2. The number of aromatic nitrogens is 2. The maximum Gasteiger partial charge on any atom is 0.354 e. The van der Waals surface area contributed by atoms with Crippen LogP contribution in [0.2, 0.25) is 0 Å². The van der Waals surface area contributed by atoms with Gasteiger partial charge in [-0.2, -0.15) is 4.98 Å². The summed E-state index contributed by atoms with van der Waals surface area (Å²) in [6, 6.07) is 15.5. The molecule has 0 aliphatic carbocycles. The summed E-state index contributed by atoms with van der Waals surface area (Å²) in [6.45, 7) is 2.04. The number of hydrogen-bond donors (Lipinski definition) is 1. The normalized spacial score (nSPS) is 10.8. The van der Waals surface area contributed by atoms with Crippen molar-refractivity contribution in [1.29, 1.82) is 0 Å². The number of carbonyl (C=O) groups excluding carboxylic acids is 2. The minimum Gasteiger partial charge on any atom is -0.480 e. The number of ether oxygens (including phenoxy) is 3. The van der Waals surface area contributed by atoms with Crippen LogP contribution >= 0.6 is 11.3 Å². The molecule has 4 rings (SSSR count). The Morgan fingerprint density at radius 1 is 1.00 bits per heavy atom. The lowest BCUT2D eigenvalue weighted by molar-refractivity contribution is 0.0739. The van der Waals surface area contributed by atoms with E-state index in [0.29, 0.717) is 49.4 Å². The average molecular weight is 464 g/mol. The summed E-state index contributed by atoms with van der Waals surface area (Å²) in [7, 11) is 3.08. The molecule has 1 N–H and O–H groups in total. The van der Waals surface area contributed by atoms with E-state index in [9.17, 15) is 9.59 Å². The number of methoxy groups -OCH3 is 2. The number of thiophene rings is 1. The van der Waals surface area contributed by atoms with Gasteiger partial charge in [0.2, 0.25) is 5.88 Å². The lowest BCUT2D eigenvalue weighted by atomic mass is 10.2. The first-order valence-electron chi connectivity index (χ1n) is 10.0. The van der Waals surface area contributed by atoms with Crippen molar-refractivity contribution in [3.63, 3.8) is 0 Å². The van der Waals surface area contributed by atoms with Crippen molar-refractivity contribution >= 4 is 39.1 Å². The van der Waals surface area contributed by atoms with Crippen LogP contribution in [0.1, 0.15) is 31.4 Å². The second-order valence-corrected chi connectivity index (χ2v) is 8.05. The topological polar surface area (TPSA) is 99.6 Å². The molecule has 0 fully saturated rings. The summed E-state index contributed by atoms with van der Waals surface area (Å²) in [5.74, 6) is 0.485. The number of rotatable bonds is 7. The van der Waals surface area contributed by atoms with Crippen LogP contribution in [-0.2, 0) is 11.3 Å². The smallest absolute Gasteiger partial charge is 0.354 e. The van der Waals surface area contributed by atoms with Gasteiger partial charge < -0.3 is 19.5 Å². The fourth-order valence-electron chi connectivity index (χ4n) is 3.23. The van der Waals surface area contributed by atoms with Crippen molar-refractivity contribution in [2.75, 3.05) is 19.5 Å². The number of anilines is 1. The van der Waals surface area contributed by atoms with Crippen molar-refractivity contribution in [3.8, 4) is 11.6 Å². The van der Waals surface area contributed by atoms with E-state index in [1.165, 1.54) is 18.4 Å². The van der Waals surface area contributed by atoms with Gasteiger partial charge in [0, 0.05) is 18.4 Å². The third-order valence-electron chi connectivity index (χ3n) is 4.81. The lowest BCUT2D eigenvalue weighted by Gasteiger charge is -2.07. The number of aryl methyl sites for hydroxylation is 1. The lowest BCUT2D eigenvalue weighted by Crippen LogP contribution is -2.11. The zero-order chi connectivity index (χ0) is 23.4. The molecule has 0 aliphatic rings. The van der Waals surface area contributed by atoms with Gasteiger partial charge in [0.15, 0.2) is 5.82 Å². The molecule has 0 saturated heterocycles. The zero-order valence-electron chi connectivity index (χ0n) is 18.2. The minimum absolute atomic E-state index is 0.218. The van der Waals surface area contributed by atoms with Crippen LogP contribution in [0, 0.1) is 6.92 Å². The maximum absolute atomic E-state index is 12.9. The van der Waals surface area contributed by atoms with E-state index in [2.05, 4.69) is 15.3 Å². The highest BCUT2D eigenvalue weighted by atomic mass is 32.1. The van der Waals surface area contributed by atoms with Crippen molar-refractivity contribution in [2.24, 2.45) is 0 Å². The SMILES string of the molecule is COCc1nc(OC)c2c(C)c(C(=O)Oc3ccc(NC(=O)c4ccccc4)cc3)sc2n1. The Morgan fingerprint density at radius 3 is 2.39 bits per heavy atom. The Balaban J connectivity index is 1.51. The predicted molar refractivity (Wildman–Crippen MR) is 125 cm³/mol. The molecule has 1 amide bonds. The first-order chi connectivity index (χ1) is 16.0.